The number of ether oxygens (including phenoxy) is 2. The molecule has 0 bridgehead atoms. The van der Waals surface area contributed by atoms with E-state index in [0.717, 1.165) is 64.2 Å². The number of hydrogen-bond acceptors (Lipinski definition) is 9. The Bertz CT molecular complexity index is 958. The summed E-state index contributed by atoms with van der Waals surface area (Å²) in [5, 5.41) is 9.19. The maximum atomic E-state index is 12.7. The molecule has 11 nitrogen and oxygen atoms in total. The molecule has 0 aromatic rings. The van der Waals surface area contributed by atoms with Crippen LogP contribution in [0.4, 0.5) is 0 Å². The number of likely N-dealkylation sites (N-methyl/N-ethyl adjacent to an activating group) is 1. The van der Waals surface area contributed by atoms with Crippen molar-refractivity contribution in [3.63, 3.8) is 0 Å². The Morgan fingerprint density at radius 1 is 0.648 bits per heavy atom. The number of unbranched alkanes of at least 4 members (excludes halogenated alkanes) is 21. The van der Waals surface area contributed by atoms with Crippen molar-refractivity contribution < 1.29 is 52.2 Å². The molecule has 0 aliphatic carbocycles. The number of allylic oxidation sites excluding steroid dienone is 1. The van der Waals surface area contributed by atoms with Gasteiger partial charge in [0.1, 0.15) is 25.9 Å². The molecule has 0 saturated heterocycles. The van der Waals surface area contributed by atoms with E-state index in [-0.39, 0.29) is 38.1 Å². The monoisotopic (exact) mass is 793 g/mol. The molecule has 2 N–H and O–H groups in total. The molecule has 0 rings (SSSR count). The molecular formula is C42H83NO10P+. The normalized spacial score (nSPS) is 14.3. The van der Waals surface area contributed by atoms with Crippen LogP contribution in [0.5, 0.6) is 0 Å². The van der Waals surface area contributed by atoms with Gasteiger partial charge >= 0.3 is 19.8 Å². The van der Waals surface area contributed by atoms with Gasteiger partial charge in [-0.2, -0.15) is 0 Å². The molecule has 54 heavy (non-hydrogen) atoms. The lowest BCUT2D eigenvalue weighted by atomic mass is 10.0. The van der Waals surface area contributed by atoms with Crippen LogP contribution in [0.1, 0.15) is 187 Å². The first-order valence-electron chi connectivity index (χ1n) is 21.7. The number of phosphoric ester groups is 1. The second-order valence-electron chi connectivity index (χ2n) is 16.0. The van der Waals surface area contributed by atoms with Gasteiger partial charge in [-0.25, -0.2) is 9.45 Å². The zero-order valence-electron chi connectivity index (χ0n) is 35.3. The fraction of sp³-hybridized carbons (Fsp3) is 0.905. The number of carbonyl (C=O) groups excluding carboxylic acids is 2. The van der Waals surface area contributed by atoms with Crippen molar-refractivity contribution in [3.8, 4) is 0 Å². The van der Waals surface area contributed by atoms with Crippen molar-refractivity contribution in [1.29, 1.82) is 0 Å². The van der Waals surface area contributed by atoms with Gasteiger partial charge in [-0.3, -0.25) is 23.9 Å². The highest BCUT2D eigenvalue weighted by Crippen LogP contribution is 2.43. The summed E-state index contributed by atoms with van der Waals surface area (Å²) in [6.07, 6.45) is 31.1. The van der Waals surface area contributed by atoms with E-state index in [4.69, 9.17) is 18.5 Å². The molecule has 0 amide bonds. The molecule has 2 unspecified atom stereocenters. The molecule has 0 aliphatic heterocycles. The second-order valence-corrected chi connectivity index (χ2v) is 17.4. The summed E-state index contributed by atoms with van der Waals surface area (Å²) >= 11 is 0. The Hall–Kier alpha value is -1.33. The number of phosphoric acid groups is 1. The van der Waals surface area contributed by atoms with Gasteiger partial charge in [0, 0.05) is 12.8 Å². The van der Waals surface area contributed by atoms with Crippen LogP contribution >= 0.6 is 7.82 Å². The molecule has 0 radical (unpaired) electrons. The van der Waals surface area contributed by atoms with Crippen molar-refractivity contribution in [1.82, 2.24) is 0 Å². The minimum Gasteiger partial charge on any atom is -0.462 e. The van der Waals surface area contributed by atoms with Gasteiger partial charge < -0.3 is 18.9 Å². The van der Waals surface area contributed by atoms with Gasteiger partial charge in [0.25, 0.3) is 0 Å². The summed E-state index contributed by atoms with van der Waals surface area (Å²) in [6, 6.07) is 0. The van der Waals surface area contributed by atoms with E-state index in [1.807, 2.05) is 33.3 Å². The molecule has 0 spiro atoms. The van der Waals surface area contributed by atoms with E-state index in [1.165, 1.54) is 89.9 Å². The largest absolute Gasteiger partial charge is 0.472 e. The smallest absolute Gasteiger partial charge is 0.462 e. The van der Waals surface area contributed by atoms with Crippen LogP contribution in [0, 0.1) is 0 Å². The van der Waals surface area contributed by atoms with Crippen LogP contribution < -0.4 is 0 Å². The van der Waals surface area contributed by atoms with E-state index < -0.39 is 26.5 Å². The van der Waals surface area contributed by atoms with Gasteiger partial charge in [0.15, 0.2) is 6.10 Å². The zero-order chi connectivity index (χ0) is 40.2. The van der Waals surface area contributed by atoms with Crippen LogP contribution in [-0.4, -0.2) is 86.3 Å². The summed E-state index contributed by atoms with van der Waals surface area (Å²) in [5.74, 6) is -0.869. The van der Waals surface area contributed by atoms with E-state index in [1.54, 1.807) is 0 Å². The summed E-state index contributed by atoms with van der Waals surface area (Å²) in [7, 11) is 1.42. The lowest BCUT2D eigenvalue weighted by molar-refractivity contribution is -0.870. The van der Waals surface area contributed by atoms with Crippen molar-refractivity contribution >= 4 is 19.8 Å². The number of carbonyl (C=O) groups is 2. The highest BCUT2D eigenvalue weighted by atomic mass is 31.2. The maximum absolute atomic E-state index is 12.7. The molecule has 12 heteroatoms. The van der Waals surface area contributed by atoms with Crippen molar-refractivity contribution in [2.24, 2.45) is 0 Å². The number of quaternary nitrogens is 1. The molecule has 0 aromatic carbocycles. The predicted octanol–water partition coefficient (Wildman–Crippen LogP) is 11.3. The Kier molecular flexibility index (Phi) is 35.2. The van der Waals surface area contributed by atoms with Crippen LogP contribution in [-0.2, 0) is 37.6 Å². The average molecular weight is 793 g/mol. The molecule has 320 valence electrons. The second kappa shape index (κ2) is 36.0. The summed E-state index contributed by atoms with van der Waals surface area (Å²) < 4.78 is 34.2. The Morgan fingerprint density at radius 2 is 1.13 bits per heavy atom. The average Bonchev–Trinajstić information content (AvgIpc) is 3.12. The van der Waals surface area contributed by atoms with Crippen molar-refractivity contribution in [2.75, 3.05) is 47.5 Å². The standard InChI is InChI=1S/C42H82NO10P/c1-6-8-10-12-14-15-16-17-18-19-20-25-29-33-41(44)49-37-40(38-51-54(47,48)50-36-35-43(3,4)5)52-42(45)34-30-26-22-21-24-28-32-39(53-46)31-27-23-13-11-9-7-2/h28,32,39-40H,6-27,29-31,33-38H2,1-5H3,(H-,46,47,48)/p+1/b32-28+/t39?,40-/m1/s1. The minimum atomic E-state index is -4.40. The Labute approximate surface area is 330 Å². The molecule has 0 aromatic heterocycles. The van der Waals surface area contributed by atoms with Gasteiger partial charge in [-0.1, -0.05) is 154 Å². The summed E-state index contributed by atoms with van der Waals surface area (Å²) in [5.41, 5.74) is 0. The summed E-state index contributed by atoms with van der Waals surface area (Å²) in [6.45, 7) is 4.27. The first kappa shape index (κ1) is 52.7. The third-order valence-electron chi connectivity index (χ3n) is 9.48. The minimum absolute atomic E-state index is 0.0145. The molecule has 0 fully saturated rings. The zero-order valence-corrected chi connectivity index (χ0v) is 36.2. The lowest BCUT2D eigenvalue weighted by Crippen LogP contribution is -2.37. The lowest BCUT2D eigenvalue weighted by Gasteiger charge is -2.24. The highest BCUT2D eigenvalue weighted by Gasteiger charge is 2.27. The summed E-state index contributed by atoms with van der Waals surface area (Å²) in [4.78, 5) is 39.9. The Balaban J connectivity index is 4.50. The molecule has 3 atom stereocenters. The number of hydrogen-bond donors (Lipinski definition) is 2. The van der Waals surface area contributed by atoms with Gasteiger partial charge in [-0.15, -0.1) is 0 Å². The van der Waals surface area contributed by atoms with Gasteiger partial charge in [-0.05, 0) is 32.1 Å². The van der Waals surface area contributed by atoms with Crippen molar-refractivity contribution in [2.45, 2.75) is 199 Å². The van der Waals surface area contributed by atoms with Crippen LogP contribution in [0.3, 0.4) is 0 Å². The third-order valence-corrected chi connectivity index (χ3v) is 10.5. The van der Waals surface area contributed by atoms with Crippen LogP contribution in [0.15, 0.2) is 12.2 Å². The number of nitrogens with zero attached hydrogens (tertiary/aromatic N) is 1. The van der Waals surface area contributed by atoms with E-state index in [9.17, 15) is 24.3 Å². The fourth-order valence-corrected chi connectivity index (χ4v) is 6.74. The number of rotatable bonds is 40. The van der Waals surface area contributed by atoms with Crippen molar-refractivity contribution in [3.05, 3.63) is 12.2 Å². The van der Waals surface area contributed by atoms with Gasteiger partial charge in [0.05, 0.1) is 27.7 Å². The maximum Gasteiger partial charge on any atom is 0.472 e. The van der Waals surface area contributed by atoms with E-state index in [2.05, 4.69) is 18.7 Å². The topological polar surface area (TPSA) is 138 Å². The van der Waals surface area contributed by atoms with Crippen LogP contribution in [0.25, 0.3) is 0 Å². The first-order chi connectivity index (χ1) is 25.9. The first-order valence-corrected chi connectivity index (χ1v) is 23.2. The highest BCUT2D eigenvalue weighted by molar-refractivity contribution is 7.47. The van der Waals surface area contributed by atoms with E-state index >= 15 is 0 Å². The van der Waals surface area contributed by atoms with Crippen LogP contribution in [0.2, 0.25) is 0 Å². The molecule has 0 aliphatic rings. The molecule has 0 heterocycles. The fourth-order valence-electron chi connectivity index (χ4n) is 5.99. The number of esters is 2. The predicted molar refractivity (Wildman–Crippen MR) is 218 cm³/mol. The molecule has 0 saturated carbocycles. The molecular weight excluding hydrogens is 709 g/mol. The van der Waals surface area contributed by atoms with Gasteiger partial charge in [0.2, 0.25) is 0 Å². The Morgan fingerprint density at radius 3 is 1.65 bits per heavy atom. The van der Waals surface area contributed by atoms with E-state index in [0.29, 0.717) is 17.4 Å². The third kappa shape index (κ3) is 37.6. The quantitative estimate of drug-likeness (QED) is 0.0117. The SMILES string of the molecule is CCCCCCCCCCCCCCCC(=O)OC[C@H](COP(=O)(O)OCC[N+](C)(C)C)OC(=O)CCCCCC/C=C/C(CCCCCCCC)OO.